The maximum Gasteiger partial charge on any atom is 0.243 e. The van der Waals surface area contributed by atoms with Crippen molar-refractivity contribution in [2.45, 2.75) is 32.6 Å². The number of nitrogens with one attached hydrogen (secondary N) is 1. The third-order valence-electron chi connectivity index (χ3n) is 3.24. The van der Waals surface area contributed by atoms with Crippen molar-refractivity contribution in [2.24, 2.45) is 0 Å². The third kappa shape index (κ3) is 7.37. The number of ether oxygens (including phenoxy) is 2. The summed E-state index contributed by atoms with van der Waals surface area (Å²) < 4.78 is 10.5. The van der Waals surface area contributed by atoms with Crippen LogP contribution >= 0.6 is 0 Å². The van der Waals surface area contributed by atoms with Gasteiger partial charge in [0.05, 0.1) is 7.11 Å². The molecule has 0 saturated carbocycles. The quantitative estimate of drug-likeness (QED) is 0.531. The van der Waals surface area contributed by atoms with E-state index >= 15 is 0 Å². The minimum absolute atomic E-state index is 0.0357. The van der Waals surface area contributed by atoms with Crippen LogP contribution in [0.2, 0.25) is 0 Å². The minimum Gasteiger partial charge on any atom is -0.493 e. The van der Waals surface area contributed by atoms with E-state index in [1.165, 1.54) is 26.0 Å². The molecule has 0 aliphatic heterocycles. The molecule has 0 unspecified atom stereocenters. The summed E-state index contributed by atoms with van der Waals surface area (Å²) in [6.45, 7) is 2.83. The Balaban J connectivity index is 2.52. The van der Waals surface area contributed by atoms with E-state index in [0.717, 1.165) is 18.4 Å². The molecular weight excluding hydrogens is 292 g/mol. The van der Waals surface area contributed by atoms with Gasteiger partial charge in [-0.3, -0.25) is 4.79 Å². The number of benzene rings is 1. The Hall–Kier alpha value is -2.48. The Morgan fingerprint density at radius 2 is 2.13 bits per heavy atom. The lowest BCUT2D eigenvalue weighted by Gasteiger charge is -2.08. The Morgan fingerprint density at radius 1 is 1.30 bits per heavy atom. The number of unbranched alkanes of at least 4 members (excludes halogenated alkanes) is 3. The van der Waals surface area contributed by atoms with Gasteiger partial charge in [-0.2, -0.15) is 5.26 Å². The second-order valence-corrected chi connectivity index (χ2v) is 5.04. The summed E-state index contributed by atoms with van der Waals surface area (Å²) in [4.78, 5) is 11.7. The van der Waals surface area contributed by atoms with Crippen LogP contribution in [0.4, 0.5) is 0 Å². The fourth-order valence-electron chi connectivity index (χ4n) is 2.01. The molecule has 1 rings (SSSR count). The Morgan fingerprint density at radius 3 is 2.83 bits per heavy atom. The molecule has 0 heterocycles. The lowest BCUT2D eigenvalue weighted by atomic mass is 10.2. The van der Waals surface area contributed by atoms with Gasteiger partial charge in [0.2, 0.25) is 5.91 Å². The van der Waals surface area contributed by atoms with Crippen molar-refractivity contribution in [3.05, 3.63) is 29.8 Å². The summed E-state index contributed by atoms with van der Waals surface area (Å²) in [5.41, 5.74) is 0.826. The van der Waals surface area contributed by atoms with E-state index < -0.39 is 0 Å². The second-order valence-electron chi connectivity index (χ2n) is 5.04. The highest BCUT2D eigenvalue weighted by molar-refractivity contribution is 5.91. The molecule has 23 heavy (non-hydrogen) atoms. The number of nitrogens with zero attached hydrogens (tertiary/aromatic N) is 1. The van der Waals surface area contributed by atoms with E-state index in [2.05, 4.69) is 12.2 Å². The molecule has 1 amide bonds. The number of amides is 1. The first-order chi connectivity index (χ1) is 11.2. The standard InChI is InChI=1S/C18H24N2O3/c1-3-4-5-6-12-20-18(21)10-8-15-7-9-16(23-13-11-19)17(14-15)22-2/h7-10,14H,3-6,12-13H2,1-2H3,(H,20,21)/b10-8+. The molecule has 0 radical (unpaired) electrons. The highest BCUT2D eigenvalue weighted by Gasteiger charge is 2.04. The fourth-order valence-corrected chi connectivity index (χ4v) is 2.01. The van der Waals surface area contributed by atoms with Crippen molar-refractivity contribution in [1.29, 1.82) is 5.26 Å². The van der Waals surface area contributed by atoms with Gasteiger partial charge >= 0.3 is 0 Å². The number of hydrogen-bond acceptors (Lipinski definition) is 4. The van der Waals surface area contributed by atoms with Crippen LogP contribution in [0.3, 0.4) is 0 Å². The van der Waals surface area contributed by atoms with Crippen LogP contribution in [0, 0.1) is 11.3 Å². The van der Waals surface area contributed by atoms with Crippen LogP contribution < -0.4 is 14.8 Å². The van der Waals surface area contributed by atoms with Crippen molar-refractivity contribution < 1.29 is 14.3 Å². The summed E-state index contributed by atoms with van der Waals surface area (Å²) in [5.74, 6) is 0.930. The molecule has 1 aromatic carbocycles. The largest absolute Gasteiger partial charge is 0.493 e. The molecule has 5 nitrogen and oxygen atoms in total. The summed E-state index contributed by atoms with van der Waals surface area (Å²) in [6, 6.07) is 7.20. The van der Waals surface area contributed by atoms with Gasteiger partial charge in [-0.1, -0.05) is 32.3 Å². The normalized spacial score (nSPS) is 10.3. The SMILES string of the molecule is CCCCCCNC(=O)/C=C/c1ccc(OCC#N)c(OC)c1. The van der Waals surface area contributed by atoms with Gasteiger partial charge in [0.1, 0.15) is 6.07 Å². The average molecular weight is 316 g/mol. The maximum absolute atomic E-state index is 11.7. The molecule has 0 aliphatic carbocycles. The van der Waals surface area contributed by atoms with Crippen molar-refractivity contribution in [3.63, 3.8) is 0 Å². The average Bonchev–Trinajstić information content (AvgIpc) is 2.58. The van der Waals surface area contributed by atoms with Gasteiger partial charge < -0.3 is 14.8 Å². The summed E-state index contributed by atoms with van der Waals surface area (Å²) in [5, 5.41) is 11.4. The van der Waals surface area contributed by atoms with Crippen molar-refractivity contribution in [2.75, 3.05) is 20.3 Å². The first-order valence-electron chi connectivity index (χ1n) is 7.85. The Labute approximate surface area is 137 Å². The van der Waals surface area contributed by atoms with Crippen LogP contribution in [-0.4, -0.2) is 26.2 Å². The summed E-state index contributed by atoms with van der Waals surface area (Å²) >= 11 is 0. The molecule has 1 aromatic rings. The number of hydrogen-bond donors (Lipinski definition) is 1. The van der Waals surface area contributed by atoms with Crippen LogP contribution in [0.5, 0.6) is 11.5 Å². The Kier molecular flexibility index (Phi) is 8.99. The highest BCUT2D eigenvalue weighted by Crippen LogP contribution is 2.28. The van der Waals surface area contributed by atoms with E-state index in [0.29, 0.717) is 18.0 Å². The zero-order chi connectivity index (χ0) is 16.9. The number of nitriles is 1. The van der Waals surface area contributed by atoms with E-state index in [-0.39, 0.29) is 12.5 Å². The lowest BCUT2D eigenvalue weighted by Crippen LogP contribution is -2.21. The van der Waals surface area contributed by atoms with Crippen molar-refractivity contribution >= 4 is 12.0 Å². The van der Waals surface area contributed by atoms with Gasteiger partial charge in [0, 0.05) is 12.6 Å². The molecule has 0 aromatic heterocycles. The number of carbonyl (C=O) groups excluding carboxylic acids is 1. The molecule has 5 heteroatoms. The second kappa shape index (κ2) is 11.1. The number of carbonyl (C=O) groups is 1. The van der Waals surface area contributed by atoms with Crippen LogP contribution in [-0.2, 0) is 4.79 Å². The molecule has 0 fully saturated rings. The maximum atomic E-state index is 11.7. The van der Waals surface area contributed by atoms with Crippen molar-refractivity contribution in [1.82, 2.24) is 5.32 Å². The topological polar surface area (TPSA) is 71.3 Å². The molecule has 0 saturated heterocycles. The number of methoxy groups -OCH3 is 1. The van der Waals surface area contributed by atoms with E-state index in [9.17, 15) is 4.79 Å². The fraction of sp³-hybridized carbons (Fsp3) is 0.444. The molecule has 0 spiro atoms. The smallest absolute Gasteiger partial charge is 0.243 e. The summed E-state index contributed by atoms with van der Waals surface area (Å²) in [6.07, 6.45) is 7.76. The van der Waals surface area contributed by atoms with Crippen LogP contribution in [0.1, 0.15) is 38.2 Å². The first kappa shape index (κ1) is 18.6. The Bertz CT molecular complexity index is 562. The molecular formula is C18H24N2O3. The minimum atomic E-state index is -0.106. The van der Waals surface area contributed by atoms with Gasteiger partial charge in [0.25, 0.3) is 0 Å². The lowest BCUT2D eigenvalue weighted by molar-refractivity contribution is -0.116. The predicted octanol–water partition coefficient (Wildman–Crippen LogP) is 3.31. The van der Waals surface area contributed by atoms with Crippen LogP contribution in [0.15, 0.2) is 24.3 Å². The van der Waals surface area contributed by atoms with E-state index in [1.807, 2.05) is 6.07 Å². The van der Waals surface area contributed by atoms with Gasteiger partial charge in [-0.15, -0.1) is 0 Å². The molecule has 0 bridgehead atoms. The molecule has 1 N–H and O–H groups in total. The van der Waals surface area contributed by atoms with Gasteiger partial charge in [0.15, 0.2) is 18.1 Å². The van der Waals surface area contributed by atoms with Crippen molar-refractivity contribution in [3.8, 4) is 17.6 Å². The first-order valence-corrected chi connectivity index (χ1v) is 7.85. The molecule has 124 valence electrons. The van der Waals surface area contributed by atoms with Gasteiger partial charge in [-0.05, 0) is 30.2 Å². The van der Waals surface area contributed by atoms with E-state index in [1.54, 1.807) is 24.3 Å². The zero-order valence-corrected chi connectivity index (χ0v) is 13.8. The summed E-state index contributed by atoms with van der Waals surface area (Å²) in [7, 11) is 1.53. The number of rotatable bonds is 10. The van der Waals surface area contributed by atoms with Crippen LogP contribution in [0.25, 0.3) is 6.08 Å². The highest BCUT2D eigenvalue weighted by atomic mass is 16.5. The molecule has 0 aliphatic rings. The zero-order valence-electron chi connectivity index (χ0n) is 13.8. The van der Waals surface area contributed by atoms with Gasteiger partial charge in [-0.25, -0.2) is 0 Å². The van der Waals surface area contributed by atoms with E-state index in [4.69, 9.17) is 14.7 Å². The molecule has 0 atom stereocenters. The third-order valence-corrected chi connectivity index (χ3v) is 3.24. The predicted molar refractivity (Wildman–Crippen MR) is 90.3 cm³/mol. The monoisotopic (exact) mass is 316 g/mol.